The molecular weight excluding hydrogens is 252 g/mol. The Bertz CT molecular complexity index is 560. The van der Waals surface area contributed by atoms with Crippen molar-refractivity contribution in [1.82, 2.24) is 0 Å². The highest BCUT2D eigenvalue weighted by molar-refractivity contribution is 5.85. The zero-order chi connectivity index (χ0) is 13.4. The summed E-state index contributed by atoms with van der Waals surface area (Å²) in [4.78, 5) is 0. The zero-order valence-corrected chi connectivity index (χ0v) is 11.4. The monoisotopic (exact) mass is 270 g/mol. The number of ether oxygens (including phenoxy) is 3. The second-order valence-corrected chi connectivity index (χ2v) is 5.57. The van der Waals surface area contributed by atoms with Crippen molar-refractivity contribution in [2.45, 2.75) is 25.0 Å². The smallest absolute Gasteiger partial charge is 0.123 e. The molecule has 4 rings (SSSR count). The molecule has 2 unspecified atom stereocenters. The summed E-state index contributed by atoms with van der Waals surface area (Å²) in [6, 6.07) is 12.8. The van der Waals surface area contributed by atoms with Crippen LogP contribution in [-0.4, -0.2) is 32.0 Å². The Morgan fingerprint density at radius 1 is 1.00 bits per heavy atom. The van der Waals surface area contributed by atoms with Gasteiger partial charge in [-0.15, -0.1) is 0 Å². The number of hydrogen-bond acceptors (Lipinski definition) is 3. The highest BCUT2D eigenvalue weighted by atomic mass is 16.6. The Kier molecular flexibility index (Phi) is 3.09. The van der Waals surface area contributed by atoms with Crippen molar-refractivity contribution in [3.05, 3.63) is 42.0 Å². The first-order valence-electron chi connectivity index (χ1n) is 7.26. The first kappa shape index (κ1) is 12.2. The van der Waals surface area contributed by atoms with Gasteiger partial charge in [-0.1, -0.05) is 24.3 Å². The zero-order valence-electron chi connectivity index (χ0n) is 11.4. The molecule has 0 aromatic heterocycles. The predicted molar refractivity (Wildman–Crippen MR) is 77.2 cm³/mol. The molecule has 2 aromatic rings. The van der Waals surface area contributed by atoms with E-state index >= 15 is 0 Å². The van der Waals surface area contributed by atoms with Crippen molar-refractivity contribution in [2.75, 3.05) is 19.8 Å². The minimum Gasteiger partial charge on any atom is -0.490 e. The molecule has 0 radical (unpaired) electrons. The van der Waals surface area contributed by atoms with E-state index in [0.29, 0.717) is 18.8 Å². The number of aryl methyl sites for hydroxylation is 1. The largest absolute Gasteiger partial charge is 0.490 e. The maximum Gasteiger partial charge on any atom is 0.123 e. The van der Waals surface area contributed by atoms with E-state index in [0.717, 1.165) is 31.8 Å². The van der Waals surface area contributed by atoms with Crippen LogP contribution in [0, 0.1) is 0 Å². The van der Waals surface area contributed by atoms with Gasteiger partial charge < -0.3 is 14.2 Å². The molecule has 0 amide bonds. The van der Waals surface area contributed by atoms with E-state index in [-0.39, 0.29) is 0 Å². The van der Waals surface area contributed by atoms with E-state index in [9.17, 15) is 0 Å². The quantitative estimate of drug-likeness (QED) is 0.757. The second-order valence-electron chi connectivity index (χ2n) is 5.57. The van der Waals surface area contributed by atoms with Crippen LogP contribution < -0.4 is 4.74 Å². The molecule has 0 saturated carbocycles. The van der Waals surface area contributed by atoms with Gasteiger partial charge >= 0.3 is 0 Å². The average Bonchev–Trinajstić information content (AvgIpc) is 3.37. The van der Waals surface area contributed by atoms with E-state index in [4.69, 9.17) is 14.2 Å². The van der Waals surface area contributed by atoms with Crippen LogP contribution in [0.5, 0.6) is 5.75 Å². The predicted octanol–water partition coefficient (Wildman–Crippen LogP) is 2.95. The molecule has 2 aliphatic rings. The van der Waals surface area contributed by atoms with Crippen LogP contribution in [0.15, 0.2) is 36.4 Å². The van der Waals surface area contributed by atoms with Crippen LogP contribution in [-0.2, 0) is 15.9 Å². The fourth-order valence-corrected chi connectivity index (χ4v) is 2.49. The Labute approximate surface area is 118 Å². The number of benzene rings is 2. The molecule has 2 saturated heterocycles. The van der Waals surface area contributed by atoms with Crippen LogP contribution in [0.4, 0.5) is 0 Å². The maximum absolute atomic E-state index is 5.96. The van der Waals surface area contributed by atoms with E-state index < -0.39 is 0 Å². The fraction of sp³-hybridized carbons (Fsp3) is 0.412. The van der Waals surface area contributed by atoms with Crippen molar-refractivity contribution >= 4 is 10.8 Å². The molecule has 0 aliphatic carbocycles. The van der Waals surface area contributed by atoms with Crippen LogP contribution in [0.3, 0.4) is 0 Å². The van der Waals surface area contributed by atoms with Gasteiger partial charge in [0, 0.05) is 0 Å². The van der Waals surface area contributed by atoms with Gasteiger partial charge in [-0.25, -0.2) is 0 Å². The minimum absolute atomic E-state index is 0.293. The van der Waals surface area contributed by atoms with E-state index in [1.807, 2.05) is 0 Å². The Hall–Kier alpha value is -1.58. The summed E-state index contributed by atoms with van der Waals surface area (Å²) in [6.07, 6.45) is 2.84. The van der Waals surface area contributed by atoms with Gasteiger partial charge in [-0.3, -0.25) is 0 Å². The standard InChI is InChI=1S/C17H18O3/c1-2-4-13-8-17(20-11-16-10-19-16)14(7-12(13)3-1)5-6-15-9-18-15/h1-4,7-8,15-16H,5-6,9-11H2. The van der Waals surface area contributed by atoms with Crippen molar-refractivity contribution in [3.63, 3.8) is 0 Å². The third-order valence-corrected chi connectivity index (χ3v) is 3.89. The minimum atomic E-state index is 0.293. The molecule has 0 spiro atoms. The Morgan fingerprint density at radius 3 is 2.40 bits per heavy atom. The van der Waals surface area contributed by atoms with Crippen molar-refractivity contribution in [2.24, 2.45) is 0 Å². The number of hydrogen-bond donors (Lipinski definition) is 0. The van der Waals surface area contributed by atoms with Gasteiger partial charge in [-0.05, 0) is 41.3 Å². The van der Waals surface area contributed by atoms with Crippen molar-refractivity contribution in [3.8, 4) is 5.75 Å². The van der Waals surface area contributed by atoms with Gasteiger partial charge in [0.05, 0.1) is 19.3 Å². The van der Waals surface area contributed by atoms with Crippen LogP contribution in [0.2, 0.25) is 0 Å². The van der Waals surface area contributed by atoms with Gasteiger partial charge in [0.1, 0.15) is 18.5 Å². The summed E-state index contributed by atoms with van der Waals surface area (Å²) in [5.74, 6) is 1.000. The van der Waals surface area contributed by atoms with Crippen LogP contribution in [0.25, 0.3) is 10.8 Å². The van der Waals surface area contributed by atoms with Crippen molar-refractivity contribution < 1.29 is 14.2 Å². The fourth-order valence-electron chi connectivity index (χ4n) is 2.49. The third kappa shape index (κ3) is 2.79. The van der Waals surface area contributed by atoms with Gasteiger partial charge in [0.25, 0.3) is 0 Å². The molecule has 2 aromatic carbocycles. The average molecular weight is 270 g/mol. The lowest BCUT2D eigenvalue weighted by Gasteiger charge is -2.12. The van der Waals surface area contributed by atoms with Gasteiger partial charge in [0.15, 0.2) is 0 Å². The molecule has 2 heterocycles. The molecule has 2 fully saturated rings. The first-order valence-corrected chi connectivity index (χ1v) is 7.26. The molecule has 104 valence electrons. The molecule has 20 heavy (non-hydrogen) atoms. The van der Waals surface area contributed by atoms with Crippen LogP contribution >= 0.6 is 0 Å². The Morgan fingerprint density at radius 2 is 1.70 bits per heavy atom. The topological polar surface area (TPSA) is 34.3 Å². The molecule has 2 aliphatic heterocycles. The second kappa shape index (κ2) is 5.08. The lowest BCUT2D eigenvalue weighted by Crippen LogP contribution is -2.06. The number of epoxide rings is 2. The normalized spacial score (nSPS) is 23.8. The molecule has 2 atom stereocenters. The molecule has 0 bridgehead atoms. The summed E-state index contributed by atoms with van der Waals surface area (Å²) in [5.41, 5.74) is 1.28. The van der Waals surface area contributed by atoms with Crippen LogP contribution in [0.1, 0.15) is 12.0 Å². The summed E-state index contributed by atoms with van der Waals surface area (Å²) >= 11 is 0. The van der Waals surface area contributed by atoms with Gasteiger partial charge in [0.2, 0.25) is 0 Å². The number of rotatable bonds is 6. The third-order valence-electron chi connectivity index (χ3n) is 3.89. The Balaban J connectivity index is 1.61. The van der Waals surface area contributed by atoms with E-state index in [1.165, 1.54) is 16.3 Å². The van der Waals surface area contributed by atoms with E-state index in [2.05, 4.69) is 36.4 Å². The van der Waals surface area contributed by atoms with Gasteiger partial charge in [-0.2, -0.15) is 0 Å². The highest BCUT2D eigenvalue weighted by Crippen LogP contribution is 2.29. The SMILES string of the molecule is c1ccc2cc(OCC3CO3)c(CCC3CO3)cc2c1. The van der Waals surface area contributed by atoms with E-state index in [1.54, 1.807) is 0 Å². The lowest BCUT2D eigenvalue weighted by atomic mass is 10.0. The first-order chi connectivity index (χ1) is 9.88. The molecule has 3 nitrogen and oxygen atoms in total. The maximum atomic E-state index is 5.96. The summed E-state index contributed by atoms with van der Waals surface area (Å²) < 4.78 is 16.5. The molecule has 3 heteroatoms. The summed E-state index contributed by atoms with van der Waals surface area (Å²) in [7, 11) is 0. The molecular formula is C17H18O3. The summed E-state index contributed by atoms with van der Waals surface area (Å²) in [5, 5.41) is 2.50. The summed E-state index contributed by atoms with van der Waals surface area (Å²) in [6.45, 7) is 2.41. The lowest BCUT2D eigenvalue weighted by molar-refractivity contribution is 0.261. The molecule has 0 N–H and O–H groups in total. The number of fused-ring (bicyclic) bond motifs is 1. The highest BCUT2D eigenvalue weighted by Gasteiger charge is 2.25. The van der Waals surface area contributed by atoms with Crippen molar-refractivity contribution in [1.29, 1.82) is 0 Å².